The third-order valence-corrected chi connectivity index (χ3v) is 3.52. The molecule has 0 aliphatic carbocycles. The normalized spacial score (nSPS) is 25.1. The van der Waals surface area contributed by atoms with Gasteiger partial charge in [-0.15, -0.1) is 0 Å². The predicted molar refractivity (Wildman–Crippen MR) is 67.4 cm³/mol. The van der Waals surface area contributed by atoms with Gasteiger partial charge in [0.2, 0.25) is 0 Å². The highest BCUT2D eigenvalue weighted by Crippen LogP contribution is 2.30. The smallest absolute Gasteiger partial charge is 0.129 e. The molecule has 1 saturated heterocycles. The van der Waals surface area contributed by atoms with E-state index in [-0.39, 0.29) is 0 Å². The first-order chi connectivity index (χ1) is 7.76. The SMILES string of the molecule is CCC1CCC(C)N1c1cccc(CN)n1. The minimum Gasteiger partial charge on any atom is -0.351 e. The Labute approximate surface area is 97.7 Å². The van der Waals surface area contributed by atoms with E-state index < -0.39 is 0 Å². The Morgan fingerprint density at radius 1 is 1.44 bits per heavy atom. The lowest BCUT2D eigenvalue weighted by atomic mass is 10.1. The van der Waals surface area contributed by atoms with Crippen molar-refractivity contribution in [2.45, 2.75) is 51.7 Å². The quantitative estimate of drug-likeness (QED) is 0.848. The molecule has 88 valence electrons. The number of hydrogen-bond donors (Lipinski definition) is 1. The van der Waals surface area contributed by atoms with Crippen LogP contribution in [0.15, 0.2) is 18.2 Å². The topological polar surface area (TPSA) is 42.1 Å². The van der Waals surface area contributed by atoms with Crippen LogP contribution in [0.25, 0.3) is 0 Å². The summed E-state index contributed by atoms with van der Waals surface area (Å²) in [4.78, 5) is 7.08. The molecule has 0 saturated carbocycles. The predicted octanol–water partition coefficient (Wildman–Crippen LogP) is 2.31. The Balaban J connectivity index is 2.27. The Morgan fingerprint density at radius 3 is 2.94 bits per heavy atom. The third-order valence-electron chi connectivity index (χ3n) is 3.52. The Morgan fingerprint density at radius 2 is 2.25 bits per heavy atom. The van der Waals surface area contributed by atoms with Crippen LogP contribution in [-0.4, -0.2) is 17.1 Å². The molecule has 2 rings (SSSR count). The fourth-order valence-electron chi connectivity index (χ4n) is 2.61. The van der Waals surface area contributed by atoms with Crippen molar-refractivity contribution in [1.82, 2.24) is 4.98 Å². The summed E-state index contributed by atoms with van der Waals surface area (Å²) in [6, 6.07) is 7.40. The summed E-state index contributed by atoms with van der Waals surface area (Å²) in [7, 11) is 0. The van der Waals surface area contributed by atoms with E-state index >= 15 is 0 Å². The fraction of sp³-hybridized carbons (Fsp3) is 0.615. The van der Waals surface area contributed by atoms with Crippen LogP contribution < -0.4 is 10.6 Å². The lowest BCUT2D eigenvalue weighted by Gasteiger charge is -2.29. The van der Waals surface area contributed by atoms with Gasteiger partial charge in [0.1, 0.15) is 5.82 Å². The molecular weight excluding hydrogens is 198 g/mol. The Hall–Kier alpha value is -1.09. The van der Waals surface area contributed by atoms with Crippen molar-refractivity contribution >= 4 is 5.82 Å². The van der Waals surface area contributed by atoms with Crippen LogP contribution in [0.3, 0.4) is 0 Å². The molecule has 1 aliphatic rings. The lowest BCUT2D eigenvalue weighted by Crippen LogP contribution is -2.34. The molecule has 2 N–H and O–H groups in total. The monoisotopic (exact) mass is 219 g/mol. The number of pyridine rings is 1. The molecule has 0 spiro atoms. The summed E-state index contributed by atoms with van der Waals surface area (Å²) in [6.45, 7) is 5.06. The van der Waals surface area contributed by atoms with Gasteiger partial charge in [-0.05, 0) is 38.3 Å². The largest absolute Gasteiger partial charge is 0.351 e. The number of hydrogen-bond acceptors (Lipinski definition) is 3. The second-order valence-electron chi connectivity index (χ2n) is 4.59. The molecule has 1 fully saturated rings. The van der Waals surface area contributed by atoms with Crippen molar-refractivity contribution in [3.8, 4) is 0 Å². The highest BCUT2D eigenvalue weighted by molar-refractivity contribution is 5.43. The average molecular weight is 219 g/mol. The van der Waals surface area contributed by atoms with E-state index in [0.717, 1.165) is 11.5 Å². The van der Waals surface area contributed by atoms with Crippen molar-refractivity contribution < 1.29 is 0 Å². The van der Waals surface area contributed by atoms with Crippen LogP contribution in [0.5, 0.6) is 0 Å². The molecule has 3 nitrogen and oxygen atoms in total. The summed E-state index contributed by atoms with van der Waals surface area (Å²) in [6.07, 6.45) is 3.75. The van der Waals surface area contributed by atoms with Crippen LogP contribution in [-0.2, 0) is 6.54 Å². The number of anilines is 1. The molecule has 0 amide bonds. The fourth-order valence-corrected chi connectivity index (χ4v) is 2.61. The molecule has 16 heavy (non-hydrogen) atoms. The van der Waals surface area contributed by atoms with Gasteiger partial charge in [0.15, 0.2) is 0 Å². The van der Waals surface area contributed by atoms with Crippen LogP contribution in [0.4, 0.5) is 5.82 Å². The molecule has 1 aromatic heterocycles. The van der Waals surface area contributed by atoms with Gasteiger partial charge < -0.3 is 10.6 Å². The first-order valence-electron chi connectivity index (χ1n) is 6.20. The van der Waals surface area contributed by atoms with Crippen molar-refractivity contribution in [2.24, 2.45) is 5.73 Å². The molecule has 0 bridgehead atoms. The van der Waals surface area contributed by atoms with Gasteiger partial charge in [0.05, 0.1) is 5.69 Å². The molecule has 1 aliphatic heterocycles. The zero-order chi connectivity index (χ0) is 11.5. The van der Waals surface area contributed by atoms with Gasteiger partial charge in [-0.1, -0.05) is 13.0 Å². The number of rotatable bonds is 3. The standard InChI is InChI=1S/C13H21N3/c1-3-12-8-7-10(2)16(12)13-6-4-5-11(9-14)15-13/h4-6,10,12H,3,7-9,14H2,1-2H3. The van der Waals surface area contributed by atoms with Crippen LogP contribution >= 0.6 is 0 Å². The van der Waals surface area contributed by atoms with Crippen LogP contribution in [0.2, 0.25) is 0 Å². The van der Waals surface area contributed by atoms with E-state index in [9.17, 15) is 0 Å². The van der Waals surface area contributed by atoms with Crippen LogP contribution in [0.1, 0.15) is 38.8 Å². The molecule has 2 heterocycles. The molecule has 0 aromatic carbocycles. The third kappa shape index (κ3) is 2.05. The number of nitrogens with zero attached hydrogens (tertiary/aromatic N) is 2. The maximum atomic E-state index is 5.64. The summed E-state index contributed by atoms with van der Waals surface area (Å²) >= 11 is 0. The van der Waals surface area contributed by atoms with E-state index in [1.807, 2.05) is 6.07 Å². The molecule has 3 heteroatoms. The average Bonchev–Trinajstić information content (AvgIpc) is 2.70. The van der Waals surface area contributed by atoms with Gasteiger partial charge in [0, 0.05) is 18.6 Å². The lowest BCUT2D eigenvalue weighted by molar-refractivity contribution is 0.620. The molecule has 2 unspecified atom stereocenters. The highest BCUT2D eigenvalue weighted by atomic mass is 15.3. The van der Waals surface area contributed by atoms with Crippen molar-refractivity contribution in [3.05, 3.63) is 23.9 Å². The zero-order valence-corrected chi connectivity index (χ0v) is 10.2. The van der Waals surface area contributed by atoms with Crippen molar-refractivity contribution in [2.75, 3.05) is 4.90 Å². The van der Waals surface area contributed by atoms with Gasteiger partial charge in [-0.2, -0.15) is 0 Å². The molecule has 2 atom stereocenters. The second-order valence-corrected chi connectivity index (χ2v) is 4.59. The van der Waals surface area contributed by atoms with Crippen molar-refractivity contribution in [1.29, 1.82) is 0 Å². The van der Waals surface area contributed by atoms with E-state index in [2.05, 4.69) is 35.9 Å². The van der Waals surface area contributed by atoms with E-state index in [1.54, 1.807) is 0 Å². The van der Waals surface area contributed by atoms with E-state index in [1.165, 1.54) is 19.3 Å². The summed E-state index contributed by atoms with van der Waals surface area (Å²) in [5.41, 5.74) is 6.62. The van der Waals surface area contributed by atoms with E-state index in [4.69, 9.17) is 5.73 Å². The molecular formula is C13H21N3. The van der Waals surface area contributed by atoms with Gasteiger partial charge in [-0.3, -0.25) is 0 Å². The first kappa shape index (κ1) is 11.4. The number of aromatic nitrogens is 1. The number of nitrogens with two attached hydrogens (primary N) is 1. The molecule has 1 aromatic rings. The maximum absolute atomic E-state index is 5.64. The Kier molecular flexibility index (Phi) is 3.44. The van der Waals surface area contributed by atoms with Crippen LogP contribution in [0, 0.1) is 0 Å². The first-order valence-corrected chi connectivity index (χ1v) is 6.20. The molecule has 0 radical (unpaired) electrons. The Bertz CT molecular complexity index is 351. The minimum absolute atomic E-state index is 0.521. The summed E-state index contributed by atoms with van der Waals surface area (Å²) in [5, 5.41) is 0. The van der Waals surface area contributed by atoms with Gasteiger partial charge >= 0.3 is 0 Å². The highest BCUT2D eigenvalue weighted by Gasteiger charge is 2.30. The van der Waals surface area contributed by atoms with Gasteiger partial charge in [0.25, 0.3) is 0 Å². The minimum atomic E-state index is 0.521. The van der Waals surface area contributed by atoms with Gasteiger partial charge in [-0.25, -0.2) is 4.98 Å². The second kappa shape index (κ2) is 4.83. The van der Waals surface area contributed by atoms with E-state index in [0.29, 0.717) is 18.6 Å². The summed E-state index contributed by atoms with van der Waals surface area (Å²) < 4.78 is 0. The zero-order valence-electron chi connectivity index (χ0n) is 10.2. The maximum Gasteiger partial charge on any atom is 0.129 e. The van der Waals surface area contributed by atoms with Crippen molar-refractivity contribution in [3.63, 3.8) is 0 Å². The summed E-state index contributed by atoms with van der Waals surface area (Å²) in [5.74, 6) is 1.10.